The first-order valence-electron chi connectivity index (χ1n) is 17.1. The van der Waals surface area contributed by atoms with Gasteiger partial charge >= 0.3 is 7.44 Å². The summed E-state index contributed by atoms with van der Waals surface area (Å²) in [7, 11) is -3.77. The molecule has 8 aromatic rings. The van der Waals surface area contributed by atoms with Crippen LogP contribution in [0, 0.1) is 0 Å². The van der Waals surface area contributed by atoms with Crippen molar-refractivity contribution in [2.24, 2.45) is 0 Å². The molecule has 5 aromatic carbocycles. The zero-order valence-corrected chi connectivity index (χ0v) is 29.0. The number of pyridine rings is 3. The molecule has 0 saturated heterocycles. The number of hydrogen-bond acceptors (Lipinski definition) is 4. The molecule has 52 heavy (non-hydrogen) atoms. The van der Waals surface area contributed by atoms with Crippen LogP contribution >= 0.6 is 7.44 Å². The lowest BCUT2D eigenvalue weighted by atomic mass is 10.1. The summed E-state index contributed by atoms with van der Waals surface area (Å²) in [5.74, 6) is 0. The van der Waals surface area contributed by atoms with Crippen LogP contribution in [0.5, 0.6) is 0 Å². The van der Waals surface area contributed by atoms with Crippen molar-refractivity contribution < 1.29 is 4.57 Å². The summed E-state index contributed by atoms with van der Waals surface area (Å²) >= 11 is 0. The number of nitrogens with zero attached hydrogens (tertiary/aromatic N) is 5. The summed E-state index contributed by atoms with van der Waals surface area (Å²) in [4.78, 5) is 14.8. The van der Waals surface area contributed by atoms with Gasteiger partial charge in [-0.3, -0.25) is 18.9 Å². The average Bonchev–Trinajstić information content (AvgIpc) is 3.51. The van der Waals surface area contributed by atoms with Crippen molar-refractivity contribution in [2.75, 3.05) is 9.34 Å². The van der Waals surface area contributed by atoms with Gasteiger partial charge < -0.3 is 0 Å². The Hall–Kier alpha value is -6.62. The van der Waals surface area contributed by atoms with Gasteiger partial charge in [0.2, 0.25) is 0 Å². The molecule has 0 radical (unpaired) electrons. The second-order valence-corrected chi connectivity index (χ2v) is 14.9. The van der Waals surface area contributed by atoms with Crippen LogP contribution in [0.1, 0.15) is 0 Å². The molecule has 0 aliphatic carbocycles. The van der Waals surface area contributed by atoms with Gasteiger partial charge in [0.05, 0.1) is 50.8 Å². The molecule has 0 N–H and O–H groups in total. The highest BCUT2D eigenvalue weighted by Gasteiger charge is 2.49. The molecule has 0 bridgehead atoms. The predicted octanol–water partition coefficient (Wildman–Crippen LogP) is 11.3. The number of aromatic nitrogens is 3. The number of rotatable bonds is 7. The van der Waals surface area contributed by atoms with Gasteiger partial charge in [0.15, 0.2) is 0 Å². The molecular weight excluding hydrogens is 658 g/mol. The highest BCUT2D eigenvalue weighted by molar-refractivity contribution is 7.76. The molecule has 9 rings (SSSR count). The van der Waals surface area contributed by atoms with Gasteiger partial charge in [-0.15, -0.1) is 0 Å². The summed E-state index contributed by atoms with van der Waals surface area (Å²) in [6, 6.07) is 60.5. The fourth-order valence-electron chi connectivity index (χ4n) is 6.86. The van der Waals surface area contributed by atoms with E-state index in [0.717, 1.165) is 67.8 Å². The van der Waals surface area contributed by atoms with E-state index in [1.165, 1.54) is 0 Å². The molecule has 0 amide bonds. The summed E-state index contributed by atoms with van der Waals surface area (Å²) < 4.78 is 20.7. The molecular formula is C45H32N5OP. The Morgan fingerprint density at radius 1 is 0.404 bits per heavy atom. The maximum absolute atomic E-state index is 16.7. The Bertz CT molecular complexity index is 2280. The van der Waals surface area contributed by atoms with E-state index in [-0.39, 0.29) is 0 Å². The molecule has 248 valence electrons. The molecule has 4 heterocycles. The number of anilines is 4. The highest BCUT2D eigenvalue weighted by Crippen LogP contribution is 2.70. The van der Waals surface area contributed by atoms with Gasteiger partial charge in [-0.25, -0.2) is 9.97 Å². The Kier molecular flexibility index (Phi) is 8.00. The smallest absolute Gasteiger partial charge is 0.269 e. The second-order valence-electron chi connectivity index (χ2n) is 12.5. The SMILES string of the molecule is O=P1(c2cccnc2)N(c2cc(-c3ccccc3)nc(-c3ccccc3)c2)c2ccccc2N1c1cc(-c2ccccc2)nc(-c2ccccc2)c1. The van der Waals surface area contributed by atoms with Gasteiger partial charge in [-0.2, -0.15) is 0 Å². The monoisotopic (exact) mass is 689 g/mol. The Balaban J connectivity index is 1.33. The fourth-order valence-corrected chi connectivity index (χ4v) is 9.77. The van der Waals surface area contributed by atoms with Crippen molar-refractivity contribution in [2.45, 2.75) is 0 Å². The normalized spacial score (nSPS) is 13.2. The third kappa shape index (κ3) is 5.56. The van der Waals surface area contributed by atoms with E-state index in [2.05, 4.69) is 53.5 Å². The van der Waals surface area contributed by atoms with Crippen molar-refractivity contribution in [1.29, 1.82) is 0 Å². The third-order valence-electron chi connectivity index (χ3n) is 9.25. The van der Waals surface area contributed by atoms with Crippen molar-refractivity contribution in [3.63, 3.8) is 0 Å². The van der Waals surface area contributed by atoms with Crippen molar-refractivity contribution in [1.82, 2.24) is 15.0 Å². The van der Waals surface area contributed by atoms with E-state index >= 15 is 4.57 Å². The zero-order chi connectivity index (χ0) is 34.9. The molecule has 0 fully saturated rings. The van der Waals surface area contributed by atoms with E-state index in [1.807, 2.05) is 143 Å². The van der Waals surface area contributed by atoms with Crippen molar-refractivity contribution in [3.05, 3.63) is 194 Å². The molecule has 6 nitrogen and oxygen atoms in total. The molecule has 0 atom stereocenters. The molecule has 1 aliphatic rings. The lowest BCUT2D eigenvalue weighted by molar-refractivity contribution is 0.582. The molecule has 1 aliphatic heterocycles. The summed E-state index contributed by atoms with van der Waals surface area (Å²) in [6.07, 6.45) is 3.44. The van der Waals surface area contributed by atoms with E-state index in [0.29, 0.717) is 5.30 Å². The van der Waals surface area contributed by atoms with Crippen LogP contribution in [0.2, 0.25) is 0 Å². The minimum atomic E-state index is -3.77. The number of hydrogen-bond donors (Lipinski definition) is 0. The molecule has 0 unspecified atom stereocenters. The molecule has 3 aromatic heterocycles. The summed E-state index contributed by atoms with van der Waals surface area (Å²) in [5.41, 5.74) is 10.2. The quantitative estimate of drug-likeness (QED) is 0.155. The van der Waals surface area contributed by atoms with Gasteiger partial charge in [0.25, 0.3) is 0 Å². The number of fused-ring (bicyclic) bond motifs is 1. The first kappa shape index (κ1) is 31.4. The zero-order valence-electron chi connectivity index (χ0n) is 28.1. The molecule has 0 spiro atoms. The minimum absolute atomic E-state index is 0.602. The Labute approximate surface area is 302 Å². The predicted molar refractivity (Wildman–Crippen MR) is 212 cm³/mol. The summed E-state index contributed by atoms with van der Waals surface area (Å²) in [6.45, 7) is 0. The molecule has 0 saturated carbocycles. The number of para-hydroxylation sites is 2. The van der Waals surface area contributed by atoms with E-state index in [4.69, 9.17) is 9.97 Å². The maximum Gasteiger partial charge on any atom is 0.303 e. The van der Waals surface area contributed by atoms with E-state index in [9.17, 15) is 0 Å². The third-order valence-corrected chi connectivity index (χ3v) is 12.2. The van der Waals surface area contributed by atoms with Crippen molar-refractivity contribution >= 4 is 35.5 Å². The molecule has 7 heteroatoms. The van der Waals surface area contributed by atoms with Crippen LogP contribution < -0.4 is 14.6 Å². The topological polar surface area (TPSA) is 62.2 Å². The Morgan fingerprint density at radius 2 is 0.750 bits per heavy atom. The standard InChI is InChI=1S/C45H32N5OP/c51-52(39-24-15-27-46-32-39)49(37-28-40(33-16-5-1-6-17-33)47-41(29-37)34-18-7-2-8-19-34)44-25-13-14-26-45(44)50(52)38-30-42(35-20-9-3-10-21-35)48-43(31-38)36-22-11-4-12-23-36/h1-32H. The van der Waals surface area contributed by atoms with Crippen LogP contribution in [0.15, 0.2) is 194 Å². The van der Waals surface area contributed by atoms with E-state index < -0.39 is 7.44 Å². The lowest BCUT2D eigenvalue weighted by Gasteiger charge is -2.33. The van der Waals surface area contributed by atoms with E-state index in [1.54, 1.807) is 12.4 Å². The summed E-state index contributed by atoms with van der Waals surface area (Å²) in [5, 5.41) is 0.602. The minimum Gasteiger partial charge on any atom is -0.269 e. The first-order valence-corrected chi connectivity index (χ1v) is 18.7. The fraction of sp³-hybridized carbons (Fsp3) is 0. The van der Waals surface area contributed by atoms with Crippen LogP contribution in [-0.4, -0.2) is 15.0 Å². The van der Waals surface area contributed by atoms with Gasteiger partial charge in [0.1, 0.15) is 0 Å². The Morgan fingerprint density at radius 3 is 1.08 bits per heavy atom. The van der Waals surface area contributed by atoms with Crippen LogP contribution in [0.25, 0.3) is 45.0 Å². The first-order chi connectivity index (χ1) is 25.7. The average molecular weight is 690 g/mol. The highest BCUT2D eigenvalue weighted by atomic mass is 31.2. The lowest BCUT2D eigenvalue weighted by Crippen LogP contribution is -2.27. The number of benzene rings is 5. The second kappa shape index (κ2) is 13.3. The van der Waals surface area contributed by atoms with Crippen LogP contribution in [0.4, 0.5) is 22.7 Å². The van der Waals surface area contributed by atoms with Gasteiger partial charge in [-0.1, -0.05) is 133 Å². The van der Waals surface area contributed by atoms with Crippen LogP contribution in [0.3, 0.4) is 0 Å². The largest absolute Gasteiger partial charge is 0.303 e. The van der Waals surface area contributed by atoms with Gasteiger partial charge in [-0.05, 0) is 48.5 Å². The maximum atomic E-state index is 16.7. The van der Waals surface area contributed by atoms with Crippen LogP contribution in [-0.2, 0) is 4.57 Å². The van der Waals surface area contributed by atoms with Gasteiger partial charge in [0, 0.05) is 34.6 Å². The van der Waals surface area contributed by atoms with Crippen molar-refractivity contribution in [3.8, 4) is 45.0 Å².